The average molecular weight is 997 g/mol. The molecule has 0 saturated heterocycles. The van der Waals surface area contributed by atoms with Gasteiger partial charge in [-0.05, 0) is 148 Å². The third kappa shape index (κ3) is 11.6. The quantitative estimate of drug-likeness (QED) is 0.141. The van der Waals surface area contributed by atoms with Crippen LogP contribution in [0.5, 0.6) is 0 Å². The molecule has 18 nitrogen and oxygen atoms in total. The molecule has 8 unspecified atom stereocenters. The number of rotatable bonds is 9. The molecular weight excluding hydrogens is 918 g/mol. The second-order valence-electron chi connectivity index (χ2n) is 22.3. The van der Waals surface area contributed by atoms with Crippen LogP contribution in [0.3, 0.4) is 0 Å². The number of nitrogens with zero attached hydrogens (tertiary/aromatic N) is 7. The van der Waals surface area contributed by atoms with E-state index in [1.54, 1.807) is 16.5 Å². The summed E-state index contributed by atoms with van der Waals surface area (Å²) in [6, 6.07) is 0. The summed E-state index contributed by atoms with van der Waals surface area (Å²) in [6.45, 7) is 12.9. The van der Waals surface area contributed by atoms with E-state index in [-0.39, 0.29) is 23.2 Å². The van der Waals surface area contributed by atoms with Gasteiger partial charge in [-0.1, -0.05) is 43.3 Å². The maximum absolute atomic E-state index is 12.6. The van der Waals surface area contributed by atoms with Gasteiger partial charge in [0, 0.05) is 69.1 Å². The molecule has 390 valence electrons. The number of carbonyl (C=O) groups excluding carboxylic acids is 3. The molecule has 2 heterocycles. The fraction of sp³-hybridized carbons (Fsp3) is 0.804. The molecule has 5 N–H and O–H groups in total. The van der Waals surface area contributed by atoms with Crippen molar-refractivity contribution in [3.8, 4) is 12.2 Å². The summed E-state index contributed by atoms with van der Waals surface area (Å²) in [5.41, 5.74) is 14.5. The third-order valence-corrected chi connectivity index (χ3v) is 19.2. The summed E-state index contributed by atoms with van der Waals surface area (Å²) in [6.07, 6.45) is 26.3. The lowest BCUT2D eigenvalue weighted by Gasteiger charge is -2.59. The summed E-state index contributed by atoms with van der Waals surface area (Å²) in [7, 11) is 1.65. The van der Waals surface area contributed by atoms with Crippen molar-refractivity contribution in [1.82, 2.24) is 30.0 Å². The number of fused-ring (bicyclic) bond motifs is 10. The average Bonchev–Trinajstić information content (AvgIpc) is 4.15. The lowest BCUT2D eigenvalue weighted by Crippen LogP contribution is -3.00. The molecule has 8 fully saturated rings. The van der Waals surface area contributed by atoms with Gasteiger partial charge in [-0.25, -0.2) is 9.36 Å². The minimum atomic E-state index is -0.0193. The Kier molecular flexibility index (Phi) is 19.1. The first-order valence-electron chi connectivity index (χ1n) is 25.7. The van der Waals surface area contributed by atoms with Crippen LogP contribution in [0.25, 0.3) is 0 Å². The molecule has 0 amide bonds. The van der Waals surface area contributed by atoms with Crippen LogP contribution in [-0.2, 0) is 59.9 Å². The largest absolute Gasteiger partial charge is 1.00 e. The zero-order chi connectivity index (χ0) is 49.4. The topological polar surface area (TPSA) is 257 Å². The Bertz CT molecular complexity index is 2170. The molecule has 8 saturated carbocycles. The number of Topliss-reactive ketones (excluding diaryl/α,β-unsaturated/α-hetero) is 3. The molecule has 0 spiro atoms. The van der Waals surface area contributed by atoms with Crippen molar-refractivity contribution in [1.29, 1.82) is 0 Å². The molecule has 2 aromatic heterocycles. The normalized spacial score (nSPS) is 36.1. The first-order chi connectivity index (χ1) is 33.2. The highest BCUT2D eigenvalue weighted by molar-refractivity contribution is 5.88. The van der Waals surface area contributed by atoms with Crippen molar-refractivity contribution >= 4 is 23.1 Å². The van der Waals surface area contributed by atoms with Crippen LogP contribution in [0.2, 0.25) is 0 Å². The van der Waals surface area contributed by atoms with E-state index in [9.17, 15) is 14.4 Å². The minimum absolute atomic E-state index is 0. The van der Waals surface area contributed by atoms with Crippen molar-refractivity contribution < 1.29 is 56.7 Å². The maximum atomic E-state index is 12.6. The number of ether oxygens (including phenoxy) is 1. The Labute approximate surface area is 419 Å². The van der Waals surface area contributed by atoms with Gasteiger partial charge in [-0.2, -0.15) is 5.26 Å². The van der Waals surface area contributed by atoms with Gasteiger partial charge in [0.05, 0.1) is 36.8 Å². The Balaban J connectivity index is 0.000000177. The molecule has 10 rings (SSSR count). The van der Waals surface area contributed by atoms with Gasteiger partial charge in [-0.3, -0.25) is 19.3 Å². The number of hydrogen-bond donors (Lipinski definition) is 3. The van der Waals surface area contributed by atoms with E-state index in [0.29, 0.717) is 84.7 Å². The number of ketones is 3. The van der Waals surface area contributed by atoms with Gasteiger partial charge in [0.1, 0.15) is 24.0 Å². The SMILES string of the molecule is COCCn1cc(CN)nn1.C[C@]12CC/C(=N/OCCn3cc(CN)nn3)CC1CCC1C2CC[C@]2(C)C(=O)CCC12.C[C@]12CCC(=O)CC1CCC1C2CC[C@]2(C)C(=O)CCC12.[Cl-].[O-]OC#COO. The van der Waals surface area contributed by atoms with Crippen LogP contribution in [0.1, 0.15) is 155 Å². The molecule has 19 heteroatoms. The summed E-state index contributed by atoms with van der Waals surface area (Å²) in [4.78, 5) is 48.5. The number of carbonyl (C=O) groups is 3. The fourth-order valence-electron chi connectivity index (χ4n) is 15.3. The maximum Gasteiger partial charge on any atom is 0.200 e. The zero-order valence-corrected chi connectivity index (χ0v) is 42.9. The van der Waals surface area contributed by atoms with E-state index < -0.39 is 0 Å². The van der Waals surface area contributed by atoms with Crippen molar-refractivity contribution in [2.75, 3.05) is 20.3 Å². The highest BCUT2D eigenvalue weighted by Crippen LogP contribution is 2.67. The van der Waals surface area contributed by atoms with Crippen molar-refractivity contribution in [3.05, 3.63) is 23.8 Å². The highest BCUT2D eigenvalue weighted by atomic mass is 35.5. The van der Waals surface area contributed by atoms with Gasteiger partial charge in [-0.15, -0.1) is 10.2 Å². The second-order valence-corrected chi connectivity index (χ2v) is 22.3. The van der Waals surface area contributed by atoms with E-state index in [0.717, 1.165) is 112 Å². The zero-order valence-electron chi connectivity index (χ0n) is 42.1. The number of aromatic nitrogens is 6. The Morgan fingerprint density at radius 1 is 0.700 bits per heavy atom. The molecule has 0 bridgehead atoms. The molecule has 70 heavy (non-hydrogen) atoms. The van der Waals surface area contributed by atoms with Gasteiger partial charge >= 0.3 is 0 Å². The molecule has 12 atom stereocenters. The van der Waals surface area contributed by atoms with Crippen LogP contribution in [0.4, 0.5) is 0 Å². The van der Waals surface area contributed by atoms with Crippen LogP contribution in [0.15, 0.2) is 17.5 Å². The lowest BCUT2D eigenvalue weighted by atomic mass is 9.45. The van der Waals surface area contributed by atoms with Crippen molar-refractivity contribution in [3.63, 3.8) is 0 Å². The number of oxime groups is 1. The first kappa shape index (κ1) is 55.3. The number of halogens is 1. The Hall–Kier alpha value is -3.99. The Morgan fingerprint density at radius 2 is 1.21 bits per heavy atom. The van der Waals surface area contributed by atoms with Gasteiger partial charge < -0.3 is 43.6 Å². The van der Waals surface area contributed by atoms with E-state index >= 15 is 0 Å². The van der Waals surface area contributed by atoms with Crippen LogP contribution >= 0.6 is 0 Å². The summed E-state index contributed by atoms with van der Waals surface area (Å²) >= 11 is 0. The third-order valence-electron chi connectivity index (χ3n) is 19.2. The molecule has 0 aliphatic heterocycles. The predicted molar refractivity (Wildman–Crippen MR) is 252 cm³/mol. The molecule has 0 radical (unpaired) electrons. The second kappa shape index (κ2) is 24.2. The number of hydrogen-bond acceptors (Lipinski definition) is 16. The highest BCUT2D eigenvalue weighted by Gasteiger charge is 2.61. The standard InChI is InChI=1S/C24H37N5O2.C19H28O2.C6H12N4O.C2H2O4.ClH/c1-23-9-7-17(27-31-12-11-29-15-18(14-25)26-28-29)13-16(23)3-4-19-20-5-6-22(30)24(20,2)10-8-21(19)23;1-18-9-7-13(20)11-12(18)3-4-14-15-5-6-17(21)19(15,2)10-8-16(14)18;1-11-3-2-10-5-6(4-7)8-9-10;3-5-1-2-6-4;/h15-16,19-21H,3-14,25H2,1-2H3;12,14-16H,3-11H2,1-2H3;5H,2-4,7H2,1H3;3-4H;1H/p-2/b27-17-;;;;/t16?,19?,20?,21?,23-,24-;12?,14?,15?,16?,18-,19-;;;/m00.../s1. The van der Waals surface area contributed by atoms with Crippen molar-refractivity contribution in [2.45, 2.75) is 169 Å². The van der Waals surface area contributed by atoms with E-state index in [2.05, 4.69) is 63.2 Å². The van der Waals surface area contributed by atoms with E-state index in [1.165, 1.54) is 62.9 Å². The summed E-state index contributed by atoms with van der Waals surface area (Å²) in [5.74, 6) is 7.23. The van der Waals surface area contributed by atoms with Gasteiger partial charge in [0.25, 0.3) is 0 Å². The van der Waals surface area contributed by atoms with E-state index in [1.807, 2.05) is 12.4 Å². The first-order valence-corrected chi connectivity index (χ1v) is 25.7. The van der Waals surface area contributed by atoms with Crippen LogP contribution < -0.4 is 29.1 Å². The molecule has 0 aromatic carbocycles. The lowest BCUT2D eigenvalue weighted by molar-refractivity contribution is -0.658. The van der Waals surface area contributed by atoms with Crippen LogP contribution in [0, 0.1) is 81.2 Å². The van der Waals surface area contributed by atoms with E-state index in [4.69, 9.17) is 31.6 Å². The summed E-state index contributed by atoms with van der Waals surface area (Å²) < 4.78 is 8.34. The predicted octanol–water partition coefficient (Wildman–Crippen LogP) is 2.96. The van der Waals surface area contributed by atoms with Gasteiger partial charge in [0.2, 0.25) is 0 Å². The molecule has 8 aliphatic carbocycles. The number of methoxy groups -OCH3 is 1. The van der Waals surface area contributed by atoms with Gasteiger partial charge in [0.15, 0.2) is 12.2 Å². The Morgan fingerprint density at radius 3 is 1.69 bits per heavy atom. The molecular formula is C51H78ClN9O9-2. The van der Waals surface area contributed by atoms with Crippen LogP contribution in [-0.4, -0.2) is 78.6 Å². The smallest absolute Gasteiger partial charge is 0.200 e. The number of nitrogens with two attached hydrogens (primary N) is 2. The monoisotopic (exact) mass is 996 g/mol. The minimum Gasteiger partial charge on any atom is -1.00 e. The molecule has 8 aliphatic rings. The molecule has 2 aromatic rings. The van der Waals surface area contributed by atoms with Crippen molar-refractivity contribution in [2.24, 2.45) is 85.6 Å². The summed E-state index contributed by atoms with van der Waals surface area (Å²) in [5, 5.41) is 36.3. The fourth-order valence-corrected chi connectivity index (χ4v) is 15.3.